The maximum atomic E-state index is 10.4. The number of anilines is 2. The quantitative estimate of drug-likeness (QED) is 0.0855. The van der Waals surface area contributed by atoms with Crippen molar-refractivity contribution in [2.24, 2.45) is 0 Å². The monoisotopic (exact) mass is 1010 g/mol. The van der Waals surface area contributed by atoms with E-state index in [1.807, 2.05) is 0 Å². The van der Waals surface area contributed by atoms with Gasteiger partial charge in [0, 0.05) is 47.0 Å². The SMILES string of the molecule is Nc1ncccn1.Nc1ncccn1.O.O.O=C([O-])c1ccccc1C(=O)O.O=C([O-])c1ccccc1C(=O)O.O=C([O-])c1ccccc1C(=O)O.O=C([O-])c1ccccc1C(=O)O.[Cu+2].[Cu+2]. The summed E-state index contributed by atoms with van der Waals surface area (Å²) in [5.41, 5.74) is 8.06. The number of aromatic carboxylic acids is 8. The van der Waals surface area contributed by atoms with Crippen molar-refractivity contribution in [1.82, 2.24) is 19.9 Å². The Balaban J connectivity index is -0.000000349. The number of hydrogen-bond acceptors (Lipinski definition) is 18. The maximum Gasteiger partial charge on any atom is 2.00 e. The Morgan fingerprint density at radius 1 is 0.333 bits per heavy atom. The van der Waals surface area contributed by atoms with E-state index in [9.17, 15) is 58.8 Å². The Kier molecular flexibility index (Phi) is 32.9. The van der Waals surface area contributed by atoms with Gasteiger partial charge in [-0.05, 0) is 36.4 Å². The molecule has 354 valence electrons. The standard InChI is InChI=1S/4C8H6O4.2C4H5N3.2Cu.2H2O/c4*9-7(10)5-3-1-2-4-6(5)8(11)12;2*5-4-6-2-1-3-7-4;;;;/h4*1-4H,(H,9,10)(H,11,12);2*1-3H,(H2,5,6,7);;;2*1H2/q;;;;;;2*+2;;/p-4. The molecule has 0 bridgehead atoms. The third-order valence-electron chi connectivity index (χ3n) is 6.68. The van der Waals surface area contributed by atoms with E-state index >= 15 is 0 Å². The third kappa shape index (κ3) is 23.5. The van der Waals surface area contributed by atoms with Crippen molar-refractivity contribution in [1.29, 1.82) is 0 Å². The Hall–Kier alpha value is -8.64. The second kappa shape index (κ2) is 33.9. The molecule has 2 heterocycles. The number of benzene rings is 4. The molecule has 0 saturated heterocycles. The number of rotatable bonds is 8. The average Bonchev–Trinajstić information content (AvgIpc) is 3.25. The van der Waals surface area contributed by atoms with Crippen LogP contribution in [0.3, 0.4) is 0 Å². The van der Waals surface area contributed by atoms with Gasteiger partial charge in [0.05, 0.1) is 46.1 Å². The van der Waals surface area contributed by atoms with Crippen molar-refractivity contribution in [2.45, 2.75) is 0 Å². The molecule has 2 aromatic heterocycles. The Morgan fingerprint density at radius 2 is 0.485 bits per heavy atom. The molecule has 26 heteroatoms. The molecule has 0 atom stereocenters. The van der Waals surface area contributed by atoms with Gasteiger partial charge >= 0.3 is 58.0 Å². The van der Waals surface area contributed by atoms with Crippen LogP contribution < -0.4 is 31.9 Å². The second-order valence-corrected chi connectivity index (χ2v) is 10.8. The first kappa shape index (κ1) is 64.0. The summed E-state index contributed by atoms with van der Waals surface area (Å²) in [6.07, 6.45) is 6.40. The molecule has 12 N–H and O–H groups in total. The van der Waals surface area contributed by atoms with Crippen LogP contribution >= 0.6 is 0 Å². The van der Waals surface area contributed by atoms with Crippen LogP contribution in [0.5, 0.6) is 0 Å². The van der Waals surface area contributed by atoms with Gasteiger partial charge in [0.25, 0.3) is 0 Å². The van der Waals surface area contributed by atoms with E-state index in [2.05, 4.69) is 19.9 Å². The average molecular weight is 1010 g/mol. The molecule has 0 spiro atoms. The molecule has 6 rings (SSSR count). The zero-order chi connectivity index (χ0) is 46.8. The van der Waals surface area contributed by atoms with Gasteiger partial charge in [0.2, 0.25) is 11.9 Å². The van der Waals surface area contributed by atoms with E-state index in [1.54, 1.807) is 36.9 Å². The van der Waals surface area contributed by atoms with Crippen molar-refractivity contribution in [3.05, 3.63) is 178 Å². The fraction of sp³-hybridized carbons (Fsp3) is 0. The van der Waals surface area contributed by atoms with Gasteiger partial charge in [-0.3, -0.25) is 0 Å². The molecular formula is C40H34Cu2N6O18. The molecule has 24 nitrogen and oxygen atoms in total. The zero-order valence-electron chi connectivity index (χ0n) is 32.9. The number of carbonyl (C=O) groups is 8. The minimum atomic E-state index is -1.48. The maximum absolute atomic E-state index is 10.4. The summed E-state index contributed by atoms with van der Waals surface area (Å²) in [4.78, 5) is 97.7. The van der Waals surface area contributed by atoms with Gasteiger partial charge in [-0.25, -0.2) is 39.1 Å². The minimum Gasteiger partial charge on any atom is -0.545 e. The summed E-state index contributed by atoms with van der Waals surface area (Å²) in [6, 6.07) is 24.7. The van der Waals surface area contributed by atoms with Crippen molar-refractivity contribution in [3.63, 3.8) is 0 Å². The Labute approximate surface area is 392 Å². The van der Waals surface area contributed by atoms with Gasteiger partial charge in [0.15, 0.2) is 0 Å². The van der Waals surface area contributed by atoms with E-state index in [1.165, 1.54) is 97.1 Å². The molecule has 0 aliphatic carbocycles. The zero-order valence-corrected chi connectivity index (χ0v) is 34.8. The summed E-state index contributed by atoms with van der Waals surface area (Å²) >= 11 is 0. The molecule has 2 radical (unpaired) electrons. The number of nitrogens with two attached hydrogens (primary N) is 2. The second-order valence-electron chi connectivity index (χ2n) is 10.8. The molecule has 4 aromatic carbocycles. The van der Waals surface area contributed by atoms with Crippen molar-refractivity contribution in [2.75, 3.05) is 11.5 Å². The molecular weight excluding hydrogens is 980 g/mol. The predicted octanol–water partition coefficient (Wildman–Crippen LogP) is -2.54. The van der Waals surface area contributed by atoms with Crippen LogP contribution in [0.4, 0.5) is 11.9 Å². The fourth-order valence-electron chi connectivity index (χ4n) is 4.01. The molecule has 0 aliphatic rings. The van der Waals surface area contributed by atoms with Gasteiger partial charge in [-0.1, -0.05) is 72.8 Å². The summed E-state index contributed by atoms with van der Waals surface area (Å²) in [7, 11) is 0. The van der Waals surface area contributed by atoms with Gasteiger partial charge < -0.3 is 82.5 Å². The van der Waals surface area contributed by atoms with E-state index in [0.29, 0.717) is 11.9 Å². The Bertz CT molecular complexity index is 2060. The van der Waals surface area contributed by atoms with Crippen molar-refractivity contribution in [3.8, 4) is 0 Å². The van der Waals surface area contributed by atoms with E-state index in [4.69, 9.17) is 31.9 Å². The first-order chi connectivity index (χ1) is 29.3. The molecule has 0 unspecified atom stereocenters. The predicted molar refractivity (Wildman–Crippen MR) is 211 cm³/mol. The number of nitrogen functional groups attached to an aromatic ring is 2. The number of carbonyl (C=O) groups excluding carboxylic acids is 4. The van der Waals surface area contributed by atoms with Gasteiger partial charge in [0.1, 0.15) is 0 Å². The summed E-state index contributed by atoms with van der Waals surface area (Å²) in [5.74, 6) is -10.3. The summed E-state index contributed by atoms with van der Waals surface area (Å²) in [6.45, 7) is 0. The third-order valence-corrected chi connectivity index (χ3v) is 6.68. The number of carboxylic acid groups (broad SMARTS) is 8. The summed E-state index contributed by atoms with van der Waals surface area (Å²) < 4.78 is 0. The van der Waals surface area contributed by atoms with Crippen LogP contribution in [0.2, 0.25) is 0 Å². The molecule has 0 amide bonds. The topological polar surface area (TPSA) is 476 Å². The number of aromatic nitrogens is 4. The van der Waals surface area contributed by atoms with Crippen LogP contribution in [0.1, 0.15) is 82.9 Å². The number of carboxylic acids is 8. The molecule has 0 saturated carbocycles. The van der Waals surface area contributed by atoms with Gasteiger partial charge in [-0.2, -0.15) is 0 Å². The largest absolute Gasteiger partial charge is 2.00 e. The van der Waals surface area contributed by atoms with E-state index < -0.39 is 47.8 Å². The Morgan fingerprint density at radius 3 is 0.576 bits per heavy atom. The minimum absolute atomic E-state index is 0. The van der Waals surface area contributed by atoms with Crippen molar-refractivity contribution < 1.29 is 124 Å². The van der Waals surface area contributed by atoms with Gasteiger partial charge in [-0.15, -0.1) is 0 Å². The molecule has 0 fully saturated rings. The van der Waals surface area contributed by atoms with Crippen molar-refractivity contribution >= 4 is 59.7 Å². The first-order valence-electron chi connectivity index (χ1n) is 16.5. The van der Waals surface area contributed by atoms with E-state index in [-0.39, 0.29) is 89.6 Å². The fourth-order valence-corrected chi connectivity index (χ4v) is 4.01. The first-order valence-corrected chi connectivity index (χ1v) is 16.5. The van der Waals surface area contributed by atoms with Crippen LogP contribution in [-0.4, -0.2) is 99.1 Å². The van der Waals surface area contributed by atoms with Crippen LogP contribution in [0.15, 0.2) is 134 Å². The van der Waals surface area contributed by atoms with Crippen LogP contribution in [0, 0.1) is 0 Å². The number of hydrogen-bond donors (Lipinski definition) is 6. The normalized spacial score (nSPS) is 8.61. The number of nitrogens with zero attached hydrogens (tertiary/aromatic N) is 4. The van der Waals surface area contributed by atoms with Crippen LogP contribution in [-0.2, 0) is 34.1 Å². The van der Waals surface area contributed by atoms with Crippen LogP contribution in [0.25, 0.3) is 0 Å². The van der Waals surface area contributed by atoms with E-state index in [0.717, 1.165) is 0 Å². The summed E-state index contributed by atoms with van der Waals surface area (Å²) in [5, 5.41) is 75.5. The molecule has 66 heavy (non-hydrogen) atoms. The smallest absolute Gasteiger partial charge is 0.545 e. The molecule has 6 aromatic rings. The molecule has 0 aliphatic heterocycles.